The molecule has 3 N–H and O–H groups in total. The normalized spacial score (nSPS) is 11.0. The lowest BCUT2D eigenvalue weighted by Crippen LogP contribution is -2.36. The van der Waals surface area contributed by atoms with Crippen LogP contribution < -0.4 is 16.0 Å². The predicted octanol–water partition coefficient (Wildman–Crippen LogP) is 4.53. The number of benzene rings is 1. The van der Waals surface area contributed by atoms with Crippen LogP contribution in [0.25, 0.3) is 28.2 Å². The van der Waals surface area contributed by atoms with Gasteiger partial charge in [-0.3, -0.25) is 14.2 Å². The molecule has 8 nitrogen and oxygen atoms in total. The van der Waals surface area contributed by atoms with Crippen LogP contribution in [0.5, 0.6) is 0 Å². The van der Waals surface area contributed by atoms with Crippen LogP contribution in [0.15, 0.2) is 67.1 Å². The molecule has 0 fully saturated rings. The van der Waals surface area contributed by atoms with Crippen molar-refractivity contribution in [3.8, 4) is 22.5 Å². The summed E-state index contributed by atoms with van der Waals surface area (Å²) in [7, 11) is 1.55. The van der Waals surface area contributed by atoms with Gasteiger partial charge in [0.2, 0.25) is 0 Å². The summed E-state index contributed by atoms with van der Waals surface area (Å²) in [6, 6.07) is 12.9. The molecular weight excluding hydrogens is 485 g/mol. The highest BCUT2D eigenvalue weighted by Gasteiger charge is 2.27. The number of rotatable bonds is 5. The zero-order valence-electron chi connectivity index (χ0n) is 18.3. The predicted molar refractivity (Wildman–Crippen MR) is 128 cm³/mol. The molecule has 0 aliphatic rings. The van der Waals surface area contributed by atoms with Crippen molar-refractivity contribution in [2.75, 3.05) is 18.9 Å². The minimum atomic E-state index is -4.49. The second-order valence-corrected chi connectivity index (χ2v) is 7.30. The molecule has 0 atom stereocenters. The van der Waals surface area contributed by atoms with E-state index in [2.05, 4.69) is 20.6 Å². The van der Waals surface area contributed by atoms with Gasteiger partial charge in [-0.15, -0.1) is 12.4 Å². The van der Waals surface area contributed by atoms with Crippen LogP contribution in [0.1, 0.15) is 10.4 Å². The lowest BCUT2D eigenvalue weighted by molar-refractivity contribution is -0.122. The maximum Gasteiger partial charge on any atom is 0.405 e. The first kappa shape index (κ1) is 25.5. The molecule has 182 valence electrons. The summed E-state index contributed by atoms with van der Waals surface area (Å²) in [5.41, 5.74) is 4.36. The Morgan fingerprint density at radius 2 is 1.80 bits per heavy atom. The van der Waals surface area contributed by atoms with Gasteiger partial charge in [-0.2, -0.15) is 13.2 Å². The number of carbonyl (C=O) groups excluding carboxylic acids is 2. The number of urea groups is 1. The Morgan fingerprint density at radius 3 is 2.49 bits per heavy atom. The Labute approximate surface area is 204 Å². The van der Waals surface area contributed by atoms with Gasteiger partial charge in [0.1, 0.15) is 12.2 Å². The van der Waals surface area contributed by atoms with E-state index in [9.17, 15) is 22.8 Å². The van der Waals surface area contributed by atoms with Gasteiger partial charge in [0, 0.05) is 36.3 Å². The average Bonchev–Trinajstić information content (AvgIpc) is 3.25. The van der Waals surface area contributed by atoms with E-state index in [1.807, 2.05) is 22.7 Å². The van der Waals surface area contributed by atoms with Crippen LogP contribution in [0, 0.1) is 0 Å². The highest BCUT2D eigenvalue weighted by molar-refractivity contribution is 5.94. The number of nitrogens with zero attached hydrogens (tertiary/aromatic N) is 3. The van der Waals surface area contributed by atoms with Gasteiger partial charge >= 0.3 is 12.2 Å². The van der Waals surface area contributed by atoms with Crippen molar-refractivity contribution in [1.82, 2.24) is 25.0 Å². The average molecular weight is 505 g/mol. The molecule has 3 heterocycles. The summed E-state index contributed by atoms with van der Waals surface area (Å²) < 4.78 is 38.7. The zero-order chi connectivity index (χ0) is 24.3. The highest BCUT2D eigenvalue weighted by Crippen LogP contribution is 2.26. The smallest absolute Gasteiger partial charge is 0.355 e. The number of anilines is 1. The molecule has 0 aliphatic carbocycles. The summed E-state index contributed by atoms with van der Waals surface area (Å²) in [5.74, 6) is -0.220. The van der Waals surface area contributed by atoms with Gasteiger partial charge in [-0.25, -0.2) is 9.78 Å². The van der Waals surface area contributed by atoms with Crippen molar-refractivity contribution in [2.24, 2.45) is 0 Å². The molecule has 0 saturated carbocycles. The van der Waals surface area contributed by atoms with Gasteiger partial charge in [-0.05, 0) is 36.4 Å². The number of fused-ring (bicyclic) bond motifs is 1. The summed E-state index contributed by atoms with van der Waals surface area (Å²) in [5, 5.41) is 6.71. The molecular formula is C23H20ClF3N6O2. The first-order valence-electron chi connectivity index (χ1n) is 10.1. The number of hydrogen-bond donors (Lipinski definition) is 3. The van der Waals surface area contributed by atoms with E-state index in [1.54, 1.807) is 55.0 Å². The van der Waals surface area contributed by atoms with E-state index in [0.717, 1.165) is 11.3 Å². The lowest BCUT2D eigenvalue weighted by atomic mass is 10.1. The summed E-state index contributed by atoms with van der Waals surface area (Å²) >= 11 is 0. The Hall–Kier alpha value is -4.12. The topological polar surface area (TPSA) is 100 Å². The van der Waals surface area contributed by atoms with Crippen molar-refractivity contribution in [3.05, 3.63) is 72.7 Å². The fourth-order valence-electron chi connectivity index (χ4n) is 3.31. The summed E-state index contributed by atoms with van der Waals surface area (Å²) in [6.45, 7) is -1.42. The number of imidazole rings is 1. The highest BCUT2D eigenvalue weighted by atomic mass is 35.5. The first-order valence-corrected chi connectivity index (χ1v) is 10.1. The third-order valence-electron chi connectivity index (χ3n) is 4.93. The maximum absolute atomic E-state index is 12.3. The number of nitrogens with one attached hydrogen (secondary N) is 3. The minimum absolute atomic E-state index is 0. The molecule has 0 bridgehead atoms. The molecule has 3 aromatic heterocycles. The Balaban J connectivity index is 0.00000342. The van der Waals surface area contributed by atoms with Crippen LogP contribution in [-0.4, -0.2) is 46.1 Å². The van der Waals surface area contributed by atoms with Crippen LogP contribution in [-0.2, 0) is 0 Å². The third kappa shape index (κ3) is 6.07. The largest absolute Gasteiger partial charge is 0.405 e. The van der Waals surface area contributed by atoms with Gasteiger partial charge in [0.25, 0.3) is 5.91 Å². The van der Waals surface area contributed by atoms with Crippen molar-refractivity contribution >= 4 is 35.7 Å². The number of carbonyl (C=O) groups is 2. The van der Waals surface area contributed by atoms with Crippen LogP contribution in [0.2, 0.25) is 0 Å². The maximum atomic E-state index is 12.3. The molecule has 12 heteroatoms. The standard InChI is InChI=1S/C23H19F3N6O2.ClH/c1-27-21(33)16-5-6-18(28-11-16)14-7-8-32-19(12-29-20(32)10-14)15-3-2-4-17(9-15)31-22(34)30-13-23(24,25)26;/h2-12H,13H2,1H3,(H,27,33)(H2,30,31,34);1H. The Kier molecular flexibility index (Phi) is 7.60. The second kappa shape index (κ2) is 10.4. The molecule has 35 heavy (non-hydrogen) atoms. The molecule has 0 unspecified atom stereocenters. The number of amides is 3. The SMILES string of the molecule is CNC(=O)c1ccc(-c2ccn3c(-c4cccc(NC(=O)NCC(F)(F)F)c4)cnc3c2)nc1.Cl. The third-order valence-corrected chi connectivity index (χ3v) is 4.93. The molecule has 3 amide bonds. The molecule has 0 radical (unpaired) electrons. The molecule has 0 saturated heterocycles. The lowest BCUT2D eigenvalue weighted by Gasteiger charge is -2.11. The zero-order valence-corrected chi connectivity index (χ0v) is 19.1. The van der Waals surface area contributed by atoms with Crippen LogP contribution in [0.4, 0.5) is 23.7 Å². The number of halogens is 4. The van der Waals surface area contributed by atoms with Gasteiger partial charge in [0.15, 0.2) is 0 Å². The molecule has 4 rings (SSSR count). The summed E-state index contributed by atoms with van der Waals surface area (Å²) in [6.07, 6.45) is 0.483. The Bertz CT molecular complexity index is 1360. The van der Waals surface area contributed by atoms with Crippen LogP contribution >= 0.6 is 12.4 Å². The fraction of sp³-hybridized carbons (Fsp3) is 0.130. The van der Waals surface area contributed by atoms with Crippen molar-refractivity contribution in [2.45, 2.75) is 6.18 Å². The number of aromatic nitrogens is 3. The first-order chi connectivity index (χ1) is 16.2. The monoisotopic (exact) mass is 504 g/mol. The quantitative estimate of drug-likeness (QED) is 0.372. The number of alkyl halides is 3. The van der Waals surface area contributed by atoms with Crippen LogP contribution in [0.3, 0.4) is 0 Å². The van der Waals surface area contributed by atoms with Crippen molar-refractivity contribution in [1.29, 1.82) is 0 Å². The van der Waals surface area contributed by atoms with E-state index < -0.39 is 18.8 Å². The van der Waals surface area contributed by atoms with Gasteiger partial charge in [0.05, 0.1) is 23.1 Å². The number of pyridine rings is 2. The van der Waals surface area contributed by atoms with E-state index in [0.29, 0.717) is 28.2 Å². The molecule has 4 aromatic rings. The molecule has 0 spiro atoms. The fourth-order valence-corrected chi connectivity index (χ4v) is 3.31. The van der Waals surface area contributed by atoms with Crippen molar-refractivity contribution in [3.63, 3.8) is 0 Å². The Morgan fingerprint density at radius 1 is 1.00 bits per heavy atom. The minimum Gasteiger partial charge on any atom is -0.355 e. The van der Waals surface area contributed by atoms with E-state index in [1.165, 1.54) is 6.20 Å². The van der Waals surface area contributed by atoms with Crippen molar-refractivity contribution < 1.29 is 22.8 Å². The number of hydrogen-bond acceptors (Lipinski definition) is 4. The van der Waals surface area contributed by atoms with E-state index in [-0.39, 0.29) is 18.3 Å². The summed E-state index contributed by atoms with van der Waals surface area (Å²) in [4.78, 5) is 32.2. The van der Waals surface area contributed by atoms with Gasteiger partial charge in [-0.1, -0.05) is 12.1 Å². The van der Waals surface area contributed by atoms with E-state index >= 15 is 0 Å². The van der Waals surface area contributed by atoms with E-state index in [4.69, 9.17) is 0 Å². The second-order valence-electron chi connectivity index (χ2n) is 7.30. The molecule has 0 aliphatic heterocycles. The van der Waals surface area contributed by atoms with Gasteiger partial charge < -0.3 is 16.0 Å². The molecule has 1 aromatic carbocycles.